The van der Waals surface area contributed by atoms with Gasteiger partial charge >= 0.3 is 0 Å². The molecular weight excluding hydrogens is 489 g/mol. The third kappa shape index (κ3) is 5.80. The summed E-state index contributed by atoms with van der Waals surface area (Å²) in [6, 6.07) is 20.9. The second-order valence-electron chi connectivity index (χ2n) is 8.52. The zero-order valence-corrected chi connectivity index (χ0v) is 20.9. The second-order valence-corrected chi connectivity index (χ2v) is 9.36. The molecule has 0 atom stereocenters. The molecule has 0 fully saturated rings. The Bertz CT molecular complexity index is 1350. The third-order valence-electron chi connectivity index (χ3n) is 5.84. The fourth-order valence-corrected chi connectivity index (χ4v) is 4.43. The second kappa shape index (κ2) is 10.3. The largest absolute Gasteiger partial charge is 0.299 e. The minimum absolute atomic E-state index is 0.0105. The molecule has 0 N–H and O–H groups in total. The number of alkyl halides is 2. The van der Waals surface area contributed by atoms with Crippen LogP contribution in [0.4, 0.5) is 8.78 Å². The predicted molar refractivity (Wildman–Crippen MR) is 137 cm³/mol. The number of benzene rings is 3. The van der Waals surface area contributed by atoms with Gasteiger partial charge in [0.15, 0.2) is 0 Å². The molecule has 0 unspecified atom stereocenters. The summed E-state index contributed by atoms with van der Waals surface area (Å²) in [5, 5.41) is 5.70. The Morgan fingerprint density at radius 2 is 1.51 bits per heavy atom. The van der Waals surface area contributed by atoms with Crippen LogP contribution in [0.15, 0.2) is 72.8 Å². The van der Waals surface area contributed by atoms with Gasteiger partial charge in [-0.1, -0.05) is 66.5 Å². The quantitative estimate of drug-likeness (QED) is 0.239. The number of carbonyl (C=O) groups excluding carboxylic acids is 1. The lowest BCUT2D eigenvalue weighted by Gasteiger charge is -2.14. The molecule has 0 bridgehead atoms. The molecule has 1 heterocycles. The summed E-state index contributed by atoms with van der Waals surface area (Å²) in [6.07, 6.45) is 0.187. The van der Waals surface area contributed by atoms with Crippen LogP contribution in [-0.4, -0.2) is 15.6 Å². The lowest BCUT2D eigenvalue weighted by Crippen LogP contribution is -2.12. The highest BCUT2D eigenvalue weighted by Crippen LogP contribution is 2.33. The first kappa shape index (κ1) is 25.1. The van der Waals surface area contributed by atoms with Crippen molar-refractivity contribution in [2.24, 2.45) is 0 Å². The maximum absolute atomic E-state index is 13.8. The first-order valence-electron chi connectivity index (χ1n) is 11.3. The number of nitrogens with zero attached hydrogens (tertiary/aromatic N) is 2. The van der Waals surface area contributed by atoms with Crippen molar-refractivity contribution in [1.82, 2.24) is 9.78 Å². The van der Waals surface area contributed by atoms with E-state index in [9.17, 15) is 13.6 Å². The van der Waals surface area contributed by atoms with Crippen molar-refractivity contribution < 1.29 is 13.6 Å². The molecule has 3 aromatic carbocycles. The average Bonchev–Trinajstić information content (AvgIpc) is 3.21. The van der Waals surface area contributed by atoms with E-state index in [2.05, 4.69) is 5.10 Å². The van der Waals surface area contributed by atoms with Gasteiger partial charge in [0.1, 0.15) is 5.78 Å². The van der Waals surface area contributed by atoms with Gasteiger partial charge in [0.2, 0.25) is 0 Å². The Morgan fingerprint density at radius 1 is 0.914 bits per heavy atom. The van der Waals surface area contributed by atoms with E-state index in [-0.39, 0.29) is 30.6 Å². The van der Waals surface area contributed by atoms with E-state index < -0.39 is 5.92 Å². The van der Waals surface area contributed by atoms with Crippen LogP contribution in [0.25, 0.3) is 16.9 Å². The molecule has 0 radical (unpaired) electrons. The number of rotatable bonds is 8. The number of hydrogen-bond acceptors (Lipinski definition) is 2. The van der Waals surface area contributed by atoms with E-state index in [4.69, 9.17) is 23.2 Å². The Kier molecular flexibility index (Phi) is 7.39. The van der Waals surface area contributed by atoms with Crippen LogP contribution in [0.1, 0.15) is 35.7 Å². The Labute approximate surface area is 213 Å². The first-order valence-corrected chi connectivity index (χ1v) is 12.0. The van der Waals surface area contributed by atoms with Crippen LogP contribution in [0.2, 0.25) is 10.0 Å². The SMILES string of the molecule is CCC(F)(F)c1ccc(CC(=O)Cc2ccc(-n3nc(C)cc3-c3ccc(Cl)cc3Cl)cc2)cc1. The van der Waals surface area contributed by atoms with Crippen LogP contribution < -0.4 is 0 Å². The number of halogens is 4. The van der Waals surface area contributed by atoms with Gasteiger partial charge in [0.25, 0.3) is 5.92 Å². The van der Waals surface area contributed by atoms with Crippen molar-refractivity contribution in [1.29, 1.82) is 0 Å². The van der Waals surface area contributed by atoms with Crippen molar-refractivity contribution >= 4 is 29.0 Å². The van der Waals surface area contributed by atoms with Gasteiger partial charge in [-0.3, -0.25) is 4.79 Å². The molecular formula is C28H24Cl2F2N2O. The Balaban J connectivity index is 1.47. The number of hydrogen-bond donors (Lipinski definition) is 0. The maximum Gasteiger partial charge on any atom is 0.273 e. The lowest BCUT2D eigenvalue weighted by atomic mass is 9.99. The first-order chi connectivity index (χ1) is 16.7. The minimum atomic E-state index is -2.85. The van der Waals surface area contributed by atoms with Gasteiger partial charge in [-0.05, 0) is 54.4 Å². The molecule has 0 aliphatic rings. The van der Waals surface area contributed by atoms with E-state index in [1.54, 1.807) is 24.3 Å². The molecule has 7 heteroatoms. The minimum Gasteiger partial charge on any atom is -0.299 e. The molecule has 0 spiro atoms. The summed E-state index contributed by atoms with van der Waals surface area (Å²) < 4.78 is 29.4. The third-order valence-corrected chi connectivity index (χ3v) is 6.39. The summed E-state index contributed by atoms with van der Waals surface area (Å²) in [6.45, 7) is 3.36. The molecule has 0 amide bonds. The van der Waals surface area contributed by atoms with Crippen molar-refractivity contribution in [3.63, 3.8) is 0 Å². The molecule has 0 aliphatic heterocycles. The predicted octanol–water partition coefficient (Wildman–Crippen LogP) is 8.01. The summed E-state index contributed by atoms with van der Waals surface area (Å²) in [5.74, 6) is -2.84. The molecule has 4 rings (SSSR count). The molecule has 0 aliphatic carbocycles. The number of Topliss-reactive ketones (excluding diaryl/α,β-unsaturated/α-hetero) is 1. The van der Waals surface area contributed by atoms with E-state index >= 15 is 0 Å². The number of aromatic nitrogens is 2. The number of ketones is 1. The lowest BCUT2D eigenvalue weighted by molar-refractivity contribution is -0.117. The summed E-state index contributed by atoms with van der Waals surface area (Å²) in [5.41, 5.74) is 4.89. The van der Waals surface area contributed by atoms with Gasteiger partial charge in [-0.15, -0.1) is 0 Å². The van der Waals surface area contributed by atoms with Crippen LogP contribution in [0.5, 0.6) is 0 Å². The molecule has 1 aromatic heterocycles. The van der Waals surface area contributed by atoms with Crippen LogP contribution in [0.3, 0.4) is 0 Å². The van der Waals surface area contributed by atoms with Gasteiger partial charge in [-0.25, -0.2) is 13.5 Å². The van der Waals surface area contributed by atoms with Gasteiger partial charge < -0.3 is 0 Å². The van der Waals surface area contributed by atoms with Gasteiger partial charge in [0, 0.05) is 35.4 Å². The molecule has 35 heavy (non-hydrogen) atoms. The fraction of sp³-hybridized carbons (Fsp3) is 0.214. The number of carbonyl (C=O) groups is 1. The summed E-state index contributed by atoms with van der Waals surface area (Å²) in [4.78, 5) is 12.6. The summed E-state index contributed by atoms with van der Waals surface area (Å²) >= 11 is 12.5. The number of aryl methyl sites for hydroxylation is 1. The highest BCUT2D eigenvalue weighted by molar-refractivity contribution is 6.36. The van der Waals surface area contributed by atoms with Crippen LogP contribution in [0, 0.1) is 6.92 Å². The molecule has 3 nitrogen and oxygen atoms in total. The van der Waals surface area contributed by atoms with E-state index in [1.807, 2.05) is 48.0 Å². The van der Waals surface area contributed by atoms with E-state index in [1.165, 1.54) is 19.1 Å². The van der Waals surface area contributed by atoms with Crippen molar-refractivity contribution in [3.8, 4) is 16.9 Å². The topological polar surface area (TPSA) is 34.9 Å². The van der Waals surface area contributed by atoms with Crippen molar-refractivity contribution in [2.75, 3.05) is 0 Å². The van der Waals surface area contributed by atoms with Gasteiger partial charge in [0.05, 0.1) is 22.1 Å². The van der Waals surface area contributed by atoms with Crippen molar-refractivity contribution in [3.05, 3.63) is 105 Å². The zero-order valence-electron chi connectivity index (χ0n) is 19.4. The Morgan fingerprint density at radius 3 is 2.09 bits per heavy atom. The smallest absolute Gasteiger partial charge is 0.273 e. The standard InChI is InChI=1S/C28H24Cl2F2N2O/c1-3-28(31,32)21-8-4-19(5-9-21)15-24(35)16-20-6-11-23(12-7-20)34-27(14-18(2)33-34)25-13-10-22(29)17-26(25)30/h4-14,17H,3,15-16H2,1-2H3. The Hall–Kier alpha value is -3.02. The highest BCUT2D eigenvalue weighted by Gasteiger charge is 2.28. The van der Waals surface area contributed by atoms with E-state index in [0.29, 0.717) is 10.0 Å². The van der Waals surface area contributed by atoms with E-state index in [0.717, 1.165) is 33.8 Å². The van der Waals surface area contributed by atoms with Crippen LogP contribution in [-0.2, 0) is 23.6 Å². The normalized spacial score (nSPS) is 11.6. The molecule has 180 valence electrons. The average molecular weight is 513 g/mol. The maximum atomic E-state index is 13.8. The zero-order chi connectivity index (χ0) is 25.2. The monoisotopic (exact) mass is 512 g/mol. The summed E-state index contributed by atoms with van der Waals surface area (Å²) in [7, 11) is 0. The highest BCUT2D eigenvalue weighted by atomic mass is 35.5. The molecule has 4 aromatic rings. The van der Waals surface area contributed by atoms with Crippen molar-refractivity contribution in [2.45, 2.75) is 39.0 Å². The molecule has 0 saturated carbocycles. The fourth-order valence-electron chi connectivity index (χ4n) is 3.93. The molecule has 0 saturated heterocycles. The van der Waals surface area contributed by atoms with Gasteiger partial charge in [-0.2, -0.15) is 5.10 Å². The van der Waals surface area contributed by atoms with Crippen LogP contribution >= 0.6 is 23.2 Å².